The standard InChI is InChI=1S/C69H50N4O/c1-6-9-24-46(4)47(5)43-54(50-27-15-11-16-28-50)39-42-64-70-68(53-37-35-51(36-38-53)49-25-13-10-14-26-49)72-69(71-64)55-44-58(48(8-3)23-7-2)67(59(45-55)52-29-17-12-18-30-52)73-60-33-21-19-31-56(60)65-61(73)40-41-63-66(65)57-32-20-22-34-62(57)74-63/h6-45H,1-5H2/b24-9-,42-39+,48-23+,54-43+. The van der Waals surface area contributed by atoms with Crippen LogP contribution in [0.4, 0.5) is 0 Å². The summed E-state index contributed by atoms with van der Waals surface area (Å²) in [7, 11) is 0. The van der Waals surface area contributed by atoms with Crippen LogP contribution in [0.5, 0.6) is 0 Å². The fourth-order valence-corrected chi connectivity index (χ4v) is 9.73. The number of nitrogens with zero attached hydrogens (tertiary/aromatic N) is 4. The highest BCUT2D eigenvalue weighted by molar-refractivity contribution is 6.27. The van der Waals surface area contributed by atoms with E-state index in [4.69, 9.17) is 19.4 Å². The van der Waals surface area contributed by atoms with E-state index in [9.17, 15) is 0 Å². The Hall–Kier alpha value is -9.97. The van der Waals surface area contributed by atoms with E-state index in [-0.39, 0.29) is 0 Å². The molecule has 11 rings (SSSR count). The topological polar surface area (TPSA) is 56.7 Å². The number of rotatable bonds is 15. The molecule has 0 atom stereocenters. The van der Waals surface area contributed by atoms with Gasteiger partial charge in [-0.25, -0.2) is 15.0 Å². The Morgan fingerprint density at radius 2 is 1.12 bits per heavy atom. The molecule has 352 valence electrons. The number of furan rings is 1. The third kappa shape index (κ3) is 8.91. The molecule has 0 fully saturated rings. The van der Waals surface area contributed by atoms with Crippen molar-refractivity contribution in [1.82, 2.24) is 19.5 Å². The molecule has 3 aromatic heterocycles. The SMILES string of the molecule is C=C/C=C\C(=C)C(=C)/C=C(\C=C\c1nc(-c2ccc(-c3ccccc3)cc2)nc(-c2cc(/C(C=C)=C/C=C)c(-n3c4ccccc4c4c5c(ccc43)oc3ccccc35)c(-c3ccccc3)c2)n1)c1ccccc1. The Labute approximate surface area is 431 Å². The van der Waals surface area contributed by atoms with Gasteiger partial charge in [-0.15, -0.1) is 0 Å². The Balaban J connectivity index is 1.17. The van der Waals surface area contributed by atoms with Gasteiger partial charge in [-0.3, -0.25) is 0 Å². The fourth-order valence-electron chi connectivity index (χ4n) is 9.73. The average Bonchev–Trinajstić information content (AvgIpc) is 4.02. The van der Waals surface area contributed by atoms with E-state index in [2.05, 4.69) is 171 Å². The molecule has 11 aromatic rings. The molecule has 0 aliphatic carbocycles. The third-order valence-corrected chi connectivity index (χ3v) is 13.3. The first-order valence-electron chi connectivity index (χ1n) is 24.5. The van der Waals surface area contributed by atoms with Crippen LogP contribution in [0, 0.1) is 0 Å². The lowest BCUT2D eigenvalue weighted by Crippen LogP contribution is -2.05. The fraction of sp³-hybridized carbons (Fsp3) is 0. The number of benzene rings is 8. The van der Waals surface area contributed by atoms with Gasteiger partial charge in [0.15, 0.2) is 17.5 Å². The Kier molecular flexibility index (Phi) is 12.8. The third-order valence-electron chi connectivity index (χ3n) is 13.3. The summed E-state index contributed by atoms with van der Waals surface area (Å²) >= 11 is 0. The van der Waals surface area contributed by atoms with Crippen LogP contribution in [-0.4, -0.2) is 19.5 Å². The predicted octanol–water partition coefficient (Wildman–Crippen LogP) is 18.2. The first-order valence-corrected chi connectivity index (χ1v) is 24.5. The van der Waals surface area contributed by atoms with Crippen molar-refractivity contribution < 1.29 is 4.42 Å². The highest BCUT2D eigenvalue weighted by atomic mass is 16.3. The monoisotopic (exact) mass is 950 g/mol. The van der Waals surface area contributed by atoms with E-state index in [1.165, 1.54) is 0 Å². The van der Waals surface area contributed by atoms with E-state index in [1.54, 1.807) is 6.08 Å². The first-order chi connectivity index (χ1) is 36.4. The zero-order valence-corrected chi connectivity index (χ0v) is 40.8. The molecule has 3 heterocycles. The molecule has 0 aliphatic heterocycles. The van der Waals surface area contributed by atoms with Gasteiger partial charge in [0, 0.05) is 43.8 Å². The summed E-state index contributed by atoms with van der Waals surface area (Å²) in [5, 5.41) is 4.38. The Morgan fingerprint density at radius 1 is 0.486 bits per heavy atom. The maximum Gasteiger partial charge on any atom is 0.164 e. The predicted molar refractivity (Wildman–Crippen MR) is 313 cm³/mol. The van der Waals surface area contributed by atoms with Crippen molar-refractivity contribution in [2.45, 2.75) is 0 Å². The second kappa shape index (κ2) is 20.4. The lowest BCUT2D eigenvalue weighted by molar-refractivity contribution is 0.669. The van der Waals surface area contributed by atoms with Crippen molar-refractivity contribution in [1.29, 1.82) is 0 Å². The van der Waals surface area contributed by atoms with Crippen LogP contribution >= 0.6 is 0 Å². The summed E-state index contributed by atoms with van der Waals surface area (Å²) in [5.74, 6) is 1.51. The van der Waals surface area contributed by atoms with Crippen LogP contribution in [0.25, 0.3) is 112 Å². The van der Waals surface area contributed by atoms with Crippen LogP contribution in [-0.2, 0) is 0 Å². The minimum atomic E-state index is 0.478. The Morgan fingerprint density at radius 3 is 1.84 bits per heavy atom. The molecule has 0 bridgehead atoms. The summed E-state index contributed by atoms with van der Waals surface area (Å²) in [6.45, 7) is 21.0. The van der Waals surface area contributed by atoms with Gasteiger partial charge in [-0.1, -0.05) is 227 Å². The molecule has 8 aromatic carbocycles. The molecular weight excluding hydrogens is 901 g/mol. The van der Waals surface area contributed by atoms with Crippen molar-refractivity contribution in [2.24, 2.45) is 0 Å². The molecule has 0 saturated carbocycles. The van der Waals surface area contributed by atoms with Gasteiger partial charge in [0.1, 0.15) is 11.2 Å². The number of aromatic nitrogens is 4. The van der Waals surface area contributed by atoms with E-state index in [0.29, 0.717) is 17.5 Å². The maximum atomic E-state index is 6.48. The van der Waals surface area contributed by atoms with Gasteiger partial charge >= 0.3 is 0 Å². The van der Waals surface area contributed by atoms with Gasteiger partial charge in [-0.2, -0.15) is 0 Å². The number of allylic oxidation sites excluding steroid dienone is 12. The number of hydrogen-bond donors (Lipinski definition) is 0. The van der Waals surface area contributed by atoms with E-state index >= 15 is 0 Å². The minimum absolute atomic E-state index is 0.478. The molecule has 0 saturated heterocycles. The van der Waals surface area contributed by atoms with Crippen LogP contribution in [0.3, 0.4) is 0 Å². The van der Waals surface area contributed by atoms with Crippen molar-refractivity contribution in [3.05, 3.63) is 298 Å². The van der Waals surface area contributed by atoms with E-state index in [0.717, 1.165) is 116 Å². The minimum Gasteiger partial charge on any atom is -0.456 e. The van der Waals surface area contributed by atoms with Crippen LogP contribution in [0.2, 0.25) is 0 Å². The molecular formula is C69H50N4O. The van der Waals surface area contributed by atoms with Crippen molar-refractivity contribution in [3.63, 3.8) is 0 Å². The molecule has 0 unspecified atom stereocenters. The van der Waals surface area contributed by atoms with Gasteiger partial charge in [0.25, 0.3) is 0 Å². The summed E-state index contributed by atoms with van der Waals surface area (Å²) < 4.78 is 8.87. The van der Waals surface area contributed by atoms with Crippen molar-refractivity contribution >= 4 is 61.0 Å². The van der Waals surface area contributed by atoms with Gasteiger partial charge < -0.3 is 8.98 Å². The Bertz CT molecular complexity index is 4130. The zero-order chi connectivity index (χ0) is 50.5. The van der Waals surface area contributed by atoms with Crippen LogP contribution in [0.1, 0.15) is 17.0 Å². The van der Waals surface area contributed by atoms with Gasteiger partial charge in [0.2, 0.25) is 0 Å². The summed E-state index contributed by atoms with van der Waals surface area (Å²) in [6, 6.07) is 65.0. The first kappa shape index (κ1) is 46.4. The van der Waals surface area contributed by atoms with Crippen molar-refractivity contribution in [2.75, 3.05) is 0 Å². The number of hydrogen-bond acceptors (Lipinski definition) is 4. The number of para-hydroxylation sites is 2. The second-order valence-electron chi connectivity index (χ2n) is 17.9. The average molecular weight is 951 g/mol. The van der Waals surface area contributed by atoms with E-state index in [1.807, 2.05) is 103 Å². The van der Waals surface area contributed by atoms with Crippen LogP contribution in [0.15, 0.2) is 285 Å². The smallest absolute Gasteiger partial charge is 0.164 e. The summed E-state index contributed by atoms with van der Waals surface area (Å²) in [6.07, 6.45) is 17.2. The largest absolute Gasteiger partial charge is 0.456 e. The number of fused-ring (bicyclic) bond motifs is 7. The summed E-state index contributed by atoms with van der Waals surface area (Å²) in [4.78, 5) is 15.8. The molecule has 74 heavy (non-hydrogen) atoms. The lowest BCUT2D eigenvalue weighted by atomic mass is 9.92. The second-order valence-corrected chi connectivity index (χ2v) is 17.9. The van der Waals surface area contributed by atoms with Gasteiger partial charge in [0.05, 0.1) is 16.7 Å². The zero-order valence-electron chi connectivity index (χ0n) is 40.8. The van der Waals surface area contributed by atoms with Crippen LogP contribution < -0.4 is 0 Å². The molecule has 0 amide bonds. The quantitative estimate of drug-likeness (QED) is 0.0961. The maximum absolute atomic E-state index is 6.48. The normalized spacial score (nSPS) is 12.1. The van der Waals surface area contributed by atoms with Gasteiger partial charge in [-0.05, 0) is 93.1 Å². The molecule has 5 nitrogen and oxygen atoms in total. The lowest BCUT2D eigenvalue weighted by Gasteiger charge is -2.21. The molecule has 0 radical (unpaired) electrons. The molecule has 0 spiro atoms. The molecule has 0 aliphatic rings. The highest BCUT2D eigenvalue weighted by Crippen LogP contribution is 2.45. The highest BCUT2D eigenvalue weighted by Gasteiger charge is 2.25. The molecule has 0 N–H and O–H groups in total. The van der Waals surface area contributed by atoms with Crippen molar-refractivity contribution in [3.8, 4) is 50.7 Å². The molecule has 5 heteroatoms. The summed E-state index contributed by atoms with van der Waals surface area (Å²) in [5.41, 5.74) is 15.8. The van der Waals surface area contributed by atoms with E-state index < -0.39 is 0 Å².